The van der Waals surface area contributed by atoms with Crippen LogP contribution in [0, 0.1) is 0 Å². The van der Waals surface area contributed by atoms with E-state index >= 15 is 0 Å². The van der Waals surface area contributed by atoms with Gasteiger partial charge in [-0.3, -0.25) is 0 Å². The van der Waals surface area contributed by atoms with Crippen molar-refractivity contribution in [3.05, 3.63) is 90.5 Å². The summed E-state index contributed by atoms with van der Waals surface area (Å²) in [5.74, 6) is 0. The van der Waals surface area contributed by atoms with Gasteiger partial charge in [-0.05, 0) is 23.8 Å². The molecule has 0 radical (unpaired) electrons. The number of alkyl halides is 3. The number of rotatable bonds is 3. The van der Waals surface area contributed by atoms with E-state index in [2.05, 4.69) is 30.3 Å². The minimum atomic E-state index is -1.44. The first-order valence-electron chi connectivity index (χ1n) is 7.14. The second-order valence-electron chi connectivity index (χ2n) is 5.02. The average Bonchev–Trinajstić information content (AvgIpc) is 2.57. The van der Waals surface area contributed by atoms with Crippen molar-refractivity contribution in [3.8, 4) is 0 Å². The quantitative estimate of drug-likeness (QED) is 0.429. The molecule has 0 spiro atoms. The molecule has 3 rings (SSSR count). The molecule has 0 heterocycles. The zero-order chi connectivity index (χ0) is 16.3. The molecule has 0 saturated carbocycles. The van der Waals surface area contributed by atoms with Crippen LogP contribution in [0.4, 0.5) is 0 Å². The van der Waals surface area contributed by atoms with Crippen LogP contribution >= 0.6 is 42.7 Å². The fourth-order valence-electron chi connectivity index (χ4n) is 2.49. The highest BCUT2D eigenvalue weighted by Crippen LogP contribution is 2.43. The normalized spacial score (nSPS) is 11.7. The maximum Gasteiger partial charge on any atom is 0.216 e. The fourth-order valence-corrected chi connectivity index (χ4v) is 5.70. The monoisotopic (exact) mass is 378 g/mol. The van der Waals surface area contributed by atoms with Crippen LogP contribution in [-0.2, 0) is 3.79 Å². The van der Waals surface area contributed by atoms with Gasteiger partial charge >= 0.3 is 0 Å². The van der Waals surface area contributed by atoms with Crippen molar-refractivity contribution in [2.75, 3.05) is 0 Å². The van der Waals surface area contributed by atoms with E-state index in [1.807, 2.05) is 54.6 Å². The van der Waals surface area contributed by atoms with Gasteiger partial charge in [0, 0.05) is 5.56 Å². The van der Waals surface area contributed by atoms with Crippen LogP contribution in [0.5, 0.6) is 0 Å². The summed E-state index contributed by atoms with van der Waals surface area (Å²) in [5.41, 5.74) is 0.740. The van der Waals surface area contributed by atoms with E-state index < -0.39 is 11.7 Å². The molecule has 4 heteroatoms. The van der Waals surface area contributed by atoms with E-state index in [1.54, 1.807) is 0 Å². The Bertz CT molecular complexity index is 728. The first-order chi connectivity index (χ1) is 11.1. The molecule has 0 aliphatic carbocycles. The summed E-state index contributed by atoms with van der Waals surface area (Å²) in [6, 6.07) is 28.6. The molecule has 0 unspecified atom stereocenters. The molecule has 0 saturated heterocycles. The van der Waals surface area contributed by atoms with Gasteiger partial charge in [-0.15, -0.1) is 0 Å². The van der Waals surface area contributed by atoms with Crippen molar-refractivity contribution in [3.63, 3.8) is 0 Å². The third-order valence-electron chi connectivity index (χ3n) is 3.48. The zero-order valence-corrected chi connectivity index (χ0v) is 15.3. The fraction of sp³-hybridized carbons (Fsp3) is 0.0526. The predicted octanol–water partition coefficient (Wildman–Crippen LogP) is 5.27. The first-order valence-corrected chi connectivity index (χ1v) is 9.61. The van der Waals surface area contributed by atoms with Crippen molar-refractivity contribution in [1.82, 2.24) is 0 Å². The van der Waals surface area contributed by atoms with E-state index in [0.717, 1.165) is 10.9 Å². The van der Waals surface area contributed by atoms with Crippen LogP contribution in [0.25, 0.3) is 0 Å². The predicted molar refractivity (Wildman–Crippen MR) is 104 cm³/mol. The van der Waals surface area contributed by atoms with Crippen molar-refractivity contribution >= 4 is 58.6 Å². The van der Waals surface area contributed by atoms with Crippen LogP contribution < -0.4 is 15.9 Å². The van der Waals surface area contributed by atoms with Crippen molar-refractivity contribution in [2.45, 2.75) is 3.79 Å². The highest BCUT2D eigenvalue weighted by Gasteiger charge is 2.29. The van der Waals surface area contributed by atoms with Gasteiger partial charge < -0.3 is 0 Å². The Hall–Kier alpha value is -1.04. The van der Waals surface area contributed by atoms with E-state index in [4.69, 9.17) is 34.8 Å². The molecule has 0 fully saturated rings. The van der Waals surface area contributed by atoms with Crippen LogP contribution in [-0.4, -0.2) is 0 Å². The number of hydrogen-bond acceptors (Lipinski definition) is 0. The molecule has 0 nitrogen and oxygen atoms in total. The molecule has 23 heavy (non-hydrogen) atoms. The molecular weight excluding hydrogens is 366 g/mol. The van der Waals surface area contributed by atoms with E-state index in [9.17, 15) is 0 Å². The highest BCUT2D eigenvalue weighted by atomic mass is 35.6. The zero-order valence-electron chi connectivity index (χ0n) is 12.2. The van der Waals surface area contributed by atoms with Gasteiger partial charge in [0.15, 0.2) is 0 Å². The lowest BCUT2D eigenvalue weighted by molar-refractivity contribution is 1.26. The summed E-state index contributed by atoms with van der Waals surface area (Å²) in [6.07, 6.45) is 0. The van der Waals surface area contributed by atoms with Gasteiger partial charge in [0.2, 0.25) is 3.79 Å². The smallest absolute Gasteiger partial charge is 0.0784 e. The Morgan fingerprint density at radius 3 is 1.48 bits per heavy atom. The molecule has 0 N–H and O–H groups in total. The van der Waals surface area contributed by atoms with Crippen molar-refractivity contribution in [2.24, 2.45) is 0 Å². The number of hydrogen-bond donors (Lipinski definition) is 0. The Kier molecular flexibility index (Phi) is 5.29. The molecule has 0 bridgehead atoms. The van der Waals surface area contributed by atoms with Crippen molar-refractivity contribution in [1.29, 1.82) is 0 Å². The van der Waals surface area contributed by atoms with Gasteiger partial charge in [-0.25, -0.2) is 0 Å². The van der Waals surface area contributed by atoms with Gasteiger partial charge in [-0.2, -0.15) is 0 Å². The van der Waals surface area contributed by atoms with Gasteiger partial charge in [-0.1, -0.05) is 120 Å². The SMILES string of the molecule is ClC(Cl)(Cl)c1ccccc1P(c1ccccc1)c1ccccc1. The molecule has 116 valence electrons. The Balaban J connectivity index is 2.22. The summed E-state index contributed by atoms with van der Waals surface area (Å²) in [6.45, 7) is 0. The molecule has 0 aliphatic heterocycles. The standard InChI is InChI=1S/C19H14Cl3P/c20-19(21,22)17-13-7-8-14-18(17)23(15-9-3-1-4-10-15)16-11-5-2-6-12-16/h1-14H. The van der Waals surface area contributed by atoms with Gasteiger partial charge in [0.25, 0.3) is 0 Å². The summed E-state index contributed by atoms with van der Waals surface area (Å²) in [7, 11) is -0.784. The third-order valence-corrected chi connectivity index (χ3v) is 6.59. The third kappa shape index (κ3) is 3.90. The Morgan fingerprint density at radius 1 is 0.565 bits per heavy atom. The second kappa shape index (κ2) is 7.24. The Labute approximate surface area is 152 Å². The number of benzene rings is 3. The highest BCUT2D eigenvalue weighted by molar-refractivity contribution is 7.80. The average molecular weight is 380 g/mol. The van der Waals surface area contributed by atoms with Crippen LogP contribution in [0.15, 0.2) is 84.9 Å². The summed E-state index contributed by atoms with van der Waals surface area (Å²) in [4.78, 5) is 0. The molecular formula is C19H14Cl3P. The minimum Gasteiger partial charge on any atom is -0.0784 e. The number of halogens is 3. The van der Waals surface area contributed by atoms with Crippen LogP contribution in [0.1, 0.15) is 5.56 Å². The minimum absolute atomic E-state index is 0.740. The van der Waals surface area contributed by atoms with Gasteiger partial charge in [0.05, 0.1) is 0 Å². The van der Waals surface area contributed by atoms with E-state index in [1.165, 1.54) is 10.6 Å². The maximum atomic E-state index is 6.22. The van der Waals surface area contributed by atoms with E-state index in [0.29, 0.717) is 0 Å². The molecule has 3 aromatic rings. The summed E-state index contributed by atoms with van der Waals surface area (Å²) >= 11 is 18.7. The largest absolute Gasteiger partial charge is 0.216 e. The molecule has 3 aromatic carbocycles. The Morgan fingerprint density at radius 2 is 1.00 bits per heavy atom. The van der Waals surface area contributed by atoms with E-state index in [-0.39, 0.29) is 0 Å². The lowest BCUT2D eigenvalue weighted by Crippen LogP contribution is -2.25. The lowest BCUT2D eigenvalue weighted by atomic mass is 10.2. The van der Waals surface area contributed by atoms with Crippen LogP contribution in [0.2, 0.25) is 0 Å². The van der Waals surface area contributed by atoms with Crippen molar-refractivity contribution < 1.29 is 0 Å². The first kappa shape index (κ1) is 16.8. The van der Waals surface area contributed by atoms with Crippen LogP contribution in [0.3, 0.4) is 0 Å². The molecule has 0 aromatic heterocycles. The molecule has 0 aliphatic rings. The second-order valence-corrected chi connectivity index (χ2v) is 9.49. The summed E-state index contributed by atoms with van der Waals surface area (Å²) in [5, 5.41) is 3.53. The van der Waals surface area contributed by atoms with Gasteiger partial charge in [0.1, 0.15) is 0 Å². The lowest BCUT2D eigenvalue weighted by Gasteiger charge is -2.24. The molecule has 0 atom stereocenters. The summed E-state index contributed by atoms with van der Waals surface area (Å²) < 4.78 is -1.44. The topological polar surface area (TPSA) is 0 Å². The molecule has 0 amide bonds. The maximum absolute atomic E-state index is 6.22.